The zero-order chi connectivity index (χ0) is 18.5. The van der Waals surface area contributed by atoms with Crippen molar-refractivity contribution in [3.63, 3.8) is 0 Å². The van der Waals surface area contributed by atoms with E-state index in [9.17, 15) is 5.11 Å². The summed E-state index contributed by atoms with van der Waals surface area (Å²) in [6, 6.07) is 15.1. The van der Waals surface area contributed by atoms with Crippen molar-refractivity contribution < 1.29 is 5.11 Å². The number of benzene rings is 2. The van der Waals surface area contributed by atoms with E-state index in [1.54, 1.807) is 10.6 Å². The molecule has 3 aromatic rings. The van der Waals surface area contributed by atoms with Crippen LogP contribution in [0.4, 0.5) is 5.69 Å². The quantitative estimate of drug-likeness (QED) is 0.361. The van der Waals surface area contributed by atoms with E-state index in [4.69, 9.17) is 23.8 Å². The number of nitrogens with zero attached hydrogens (tertiary/aromatic N) is 3. The summed E-state index contributed by atoms with van der Waals surface area (Å²) in [5, 5.41) is 23.4. The maximum absolute atomic E-state index is 10.7. The Hall–Kier alpha value is -2.70. The number of rotatable bonds is 5. The highest BCUT2D eigenvalue weighted by Crippen LogP contribution is 2.39. The zero-order valence-corrected chi connectivity index (χ0v) is 15.5. The molecule has 2 N–H and O–H groups in total. The highest BCUT2D eigenvalue weighted by atomic mass is 35.5. The molecule has 0 spiro atoms. The monoisotopic (exact) mass is 384 g/mol. The lowest BCUT2D eigenvalue weighted by Crippen LogP contribution is -2.18. The summed E-state index contributed by atoms with van der Waals surface area (Å²) in [4.78, 5) is 0. The molecule has 132 valence electrons. The molecule has 0 saturated carbocycles. The number of azo groups is 1. The molecule has 0 aliphatic rings. The van der Waals surface area contributed by atoms with Crippen molar-refractivity contribution in [1.29, 1.82) is 0 Å². The molecule has 1 heterocycles. The molecular formula is C19H17ClN4OS. The van der Waals surface area contributed by atoms with Gasteiger partial charge < -0.3 is 15.0 Å². The second-order valence-electron chi connectivity index (χ2n) is 5.54. The molecule has 0 amide bonds. The minimum Gasteiger partial charge on any atom is -0.493 e. The molecular weight excluding hydrogens is 368 g/mol. The first kappa shape index (κ1) is 18.1. The molecule has 0 atom stereocenters. The van der Waals surface area contributed by atoms with Crippen LogP contribution in [0, 0.1) is 0 Å². The van der Waals surface area contributed by atoms with Gasteiger partial charge in [0.2, 0.25) is 11.0 Å². The van der Waals surface area contributed by atoms with Crippen LogP contribution >= 0.6 is 23.8 Å². The number of nitrogens with one attached hydrogen (secondary N) is 1. The van der Waals surface area contributed by atoms with Gasteiger partial charge in [0.1, 0.15) is 0 Å². The molecule has 1 aromatic heterocycles. The topological polar surface area (TPSA) is 61.9 Å². The molecule has 0 unspecified atom stereocenters. The van der Waals surface area contributed by atoms with Gasteiger partial charge in [-0.3, -0.25) is 0 Å². The SMILES string of the molecule is C=CCNC(=S)N=Nc1c(O)n(Cc2ccccc2Cl)c2ccccc12. The van der Waals surface area contributed by atoms with Crippen LogP contribution in [0.2, 0.25) is 5.02 Å². The molecule has 0 saturated heterocycles. The van der Waals surface area contributed by atoms with E-state index in [0.717, 1.165) is 16.5 Å². The standard InChI is InChI=1S/C19H17ClN4OS/c1-2-11-21-19(26)23-22-17-14-8-4-6-10-16(14)24(18(17)25)12-13-7-3-5-9-15(13)20/h2-10,25H,1,11-12H2,(H,21,26). The Morgan fingerprint density at radius 3 is 2.73 bits per heavy atom. The number of hydrogen-bond donors (Lipinski definition) is 2. The molecule has 0 fully saturated rings. The van der Waals surface area contributed by atoms with Gasteiger partial charge in [0, 0.05) is 17.0 Å². The van der Waals surface area contributed by atoms with Crippen LogP contribution in [0.25, 0.3) is 10.9 Å². The van der Waals surface area contributed by atoms with Gasteiger partial charge in [-0.15, -0.1) is 16.8 Å². The van der Waals surface area contributed by atoms with E-state index in [1.165, 1.54) is 0 Å². The van der Waals surface area contributed by atoms with Crippen molar-refractivity contribution in [2.45, 2.75) is 6.54 Å². The molecule has 3 rings (SSSR count). The highest BCUT2D eigenvalue weighted by molar-refractivity contribution is 7.80. The molecule has 0 aliphatic carbocycles. The van der Waals surface area contributed by atoms with Gasteiger partial charge in [0.25, 0.3) is 0 Å². The average Bonchev–Trinajstić information content (AvgIpc) is 2.91. The van der Waals surface area contributed by atoms with Gasteiger partial charge in [-0.05, 0) is 29.9 Å². The number of aromatic nitrogens is 1. The van der Waals surface area contributed by atoms with Crippen LogP contribution in [-0.2, 0) is 6.54 Å². The van der Waals surface area contributed by atoms with Crippen LogP contribution < -0.4 is 5.32 Å². The van der Waals surface area contributed by atoms with Crippen molar-refractivity contribution in [2.75, 3.05) is 6.54 Å². The summed E-state index contributed by atoms with van der Waals surface area (Å²) in [6.07, 6.45) is 1.68. The van der Waals surface area contributed by atoms with E-state index >= 15 is 0 Å². The Morgan fingerprint density at radius 2 is 1.96 bits per heavy atom. The van der Waals surface area contributed by atoms with Gasteiger partial charge in [-0.1, -0.05) is 54.1 Å². The van der Waals surface area contributed by atoms with Crippen LogP contribution in [0.15, 0.2) is 71.4 Å². The van der Waals surface area contributed by atoms with Crippen LogP contribution in [0.5, 0.6) is 5.88 Å². The van der Waals surface area contributed by atoms with Crippen molar-refractivity contribution in [1.82, 2.24) is 9.88 Å². The summed E-state index contributed by atoms with van der Waals surface area (Å²) < 4.78 is 1.76. The number of fused-ring (bicyclic) bond motifs is 1. The van der Waals surface area contributed by atoms with E-state index in [2.05, 4.69) is 22.1 Å². The first-order valence-corrected chi connectivity index (χ1v) is 8.74. The first-order valence-electron chi connectivity index (χ1n) is 7.96. The summed E-state index contributed by atoms with van der Waals surface area (Å²) in [5.41, 5.74) is 2.11. The van der Waals surface area contributed by atoms with Crippen molar-refractivity contribution in [2.24, 2.45) is 10.2 Å². The third-order valence-corrected chi connectivity index (χ3v) is 4.44. The molecule has 7 heteroatoms. The van der Waals surface area contributed by atoms with Gasteiger partial charge in [-0.25, -0.2) is 0 Å². The fraction of sp³-hybridized carbons (Fsp3) is 0.105. The van der Waals surface area contributed by atoms with Crippen LogP contribution in [-0.4, -0.2) is 21.3 Å². The van der Waals surface area contributed by atoms with Gasteiger partial charge in [0.15, 0.2) is 5.69 Å². The Kier molecular flexibility index (Phi) is 5.65. The predicted molar refractivity (Wildman–Crippen MR) is 109 cm³/mol. The summed E-state index contributed by atoms with van der Waals surface area (Å²) in [7, 11) is 0. The van der Waals surface area contributed by atoms with Crippen molar-refractivity contribution in [3.8, 4) is 5.88 Å². The lowest BCUT2D eigenvalue weighted by atomic mass is 10.2. The minimum atomic E-state index is 0.0152. The molecule has 2 aromatic carbocycles. The lowest BCUT2D eigenvalue weighted by Gasteiger charge is -2.08. The predicted octanol–water partition coefficient (Wildman–Crippen LogP) is 5.19. The smallest absolute Gasteiger partial charge is 0.221 e. The van der Waals surface area contributed by atoms with Crippen molar-refractivity contribution in [3.05, 3.63) is 71.8 Å². The van der Waals surface area contributed by atoms with E-state index in [-0.39, 0.29) is 11.0 Å². The number of hydrogen-bond acceptors (Lipinski definition) is 3. The largest absolute Gasteiger partial charge is 0.493 e. The third kappa shape index (κ3) is 3.76. The van der Waals surface area contributed by atoms with Gasteiger partial charge in [0.05, 0.1) is 12.1 Å². The Bertz CT molecular complexity index is 996. The second-order valence-corrected chi connectivity index (χ2v) is 6.34. The van der Waals surface area contributed by atoms with E-state index < -0.39 is 0 Å². The maximum Gasteiger partial charge on any atom is 0.221 e. The third-order valence-electron chi connectivity index (χ3n) is 3.84. The normalized spacial score (nSPS) is 11.1. The Morgan fingerprint density at radius 1 is 1.23 bits per heavy atom. The number of halogens is 1. The summed E-state index contributed by atoms with van der Waals surface area (Å²) >= 11 is 11.4. The van der Waals surface area contributed by atoms with Crippen molar-refractivity contribution >= 4 is 45.5 Å². The van der Waals surface area contributed by atoms with Crippen LogP contribution in [0.1, 0.15) is 5.56 Å². The second kappa shape index (κ2) is 8.12. The minimum absolute atomic E-state index is 0.0152. The number of para-hydroxylation sites is 1. The first-order chi connectivity index (χ1) is 12.6. The van der Waals surface area contributed by atoms with Crippen LogP contribution in [0.3, 0.4) is 0 Å². The maximum atomic E-state index is 10.7. The fourth-order valence-electron chi connectivity index (χ4n) is 2.62. The Labute approximate surface area is 161 Å². The molecule has 26 heavy (non-hydrogen) atoms. The summed E-state index contributed by atoms with van der Waals surface area (Å²) in [5.74, 6) is 0.0152. The molecule has 5 nitrogen and oxygen atoms in total. The molecule has 0 aliphatic heterocycles. The van der Waals surface area contributed by atoms with E-state index in [1.807, 2.05) is 48.5 Å². The highest BCUT2D eigenvalue weighted by Gasteiger charge is 2.17. The molecule has 0 radical (unpaired) electrons. The number of thiocarbonyl (C=S) groups is 1. The Balaban J connectivity index is 2.01. The average molecular weight is 385 g/mol. The van der Waals surface area contributed by atoms with E-state index in [0.29, 0.717) is 23.8 Å². The summed E-state index contributed by atoms with van der Waals surface area (Å²) in [6.45, 7) is 4.52. The molecule has 0 bridgehead atoms. The van der Waals surface area contributed by atoms with Gasteiger partial charge >= 0.3 is 0 Å². The fourth-order valence-corrected chi connectivity index (χ4v) is 2.94. The zero-order valence-electron chi connectivity index (χ0n) is 13.9. The number of aromatic hydroxyl groups is 1. The lowest BCUT2D eigenvalue weighted by molar-refractivity contribution is 0.429. The van der Waals surface area contributed by atoms with Gasteiger partial charge in [-0.2, -0.15) is 0 Å².